The molecule has 3 aromatic carbocycles. The number of hydrogen-bond donors (Lipinski definition) is 2. The predicted octanol–water partition coefficient (Wildman–Crippen LogP) is 4.64. The molecule has 0 saturated heterocycles. The summed E-state index contributed by atoms with van der Waals surface area (Å²) in [4.78, 5) is 22.3. The number of benzene rings is 3. The molecule has 1 amide bonds. The van der Waals surface area contributed by atoms with Gasteiger partial charge in [-0.15, -0.1) is 0 Å². The van der Waals surface area contributed by atoms with Crippen LogP contribution < -0.4 is 5.43 Å². The van der Waals surface area contributed by atoms with Crippen LogP contribution in [0.2, 0.25) is 5.02 Å². The average molecular weight is 444 g/mol. The van der Waals surface area contributed by atoms with Gasteiger partial charge in [0.15, 0.2) is 5.65 Å². The molecule has 2 aromatic heterocycles. The molecule has 0 saturated carbocycles. The van der Waals surface area contributed by atoms with Gasteiger partial charge >= 0.3 is 0 Å². The number of phenols is 1. The van der Waals surface area contributed by atoms with Crippen LogP contribution in [0.15, 0.2) is 71.8 Å². The minimum absolute atomic E-state index is 0.00927. The van der Waals surface area contributed by atoms with E-state index in [9.17, 15) is 9.90 Å². The summed E-state index contributed by atoms with van der Waals surface area (Å²) in [5.41, 5.74) is 7.18. The second-order valence-corrected chi connectivity index (χ2v) is 7.82. The lowest BCUT2D eigenvalue weighted by atomic mass is 10.1. The molecule has 2 N–H and O–H groups in total. The van der Waals surface area contributed by atoms with Crippen molar-refractivity contribution in [3.8, 4) is 5.75 Å². The van der Waals surface area contributed by atoms with E-state index in [0.29, 0.717) is 38.5 Å². The number of hydrazone groups is 1. The predicted molar refractivity (Wildman–Crippen MR) is 126 cm³/mol. The van der Waals surface area contributed by atoms with Crippen molar-refractivity contribution in [3.05, 3.63) is 77.3 Å². The summed E-state index contributed by atoms with van der Waals surface area (Å²) in [5.74, 6) is -0.215. The van der Waals surface area contributed by atoms with Crippen molar-refractivity contribution in [3.63, 3.8) is 0 Å². The first-order valence-electron chi connectivity index (χ1n) is 9.97. The van der Waals surface area contributed by atoms with Gasteiger partial charge in [0, 0.05) is 16.0 Å². The highest BCUT2D eigenvalue weighted by molar-refractivity contribution is 6.31. The minimum atomic E-state index is -0.319. The first-order chi connectivity index (χ1) is 15.5. The minimum Gasteiger partial charge on any atom is -0.507 e. The number of halogens is 1. The van der Waals surface area contributed by atoms with Crippen LogP contribution in [0.1, 0.15) is 12.5 Å². The van der Waals surface area contributed by atoms with Crippen molar-refractivity contribution in [2.24, 2.45) is 5.10 Å². The fourth-order valence-corrected chi connectivity index (χ4v) is 3.90. The van der Waals surface area contributed by atoms with Gasteiger partial charge in [0.2, 0.25) is 0 Å². The van der Waals surface area contributed by atoms with Crippen LogP contribution in [0.3, 0.4) is 0 Å². The van der Waals surface area contributed by atoms with Crippen LogP contribution in [-0.4, -0.2) is 31.3 Å². The van der Waals surface area contributed by atoms with Crippen molar-refractivity contribution < 1.29 is 9.90 Å². The number of carbonyl (C=O) groups is 1. The van der Waals surface area contributed by atoms with Gasteiger partial charge in [-0.2, -0.15) is 5.10 Å². The van der Waals surface area contributed by atoms with Gasteiger partial charge in [0.25, 0.3) is 5.91 Å². The number of phenolic OH excluding ortho intramolecular Hbond substituents is 1. The second kappa shape index (κ2) is 7.94. The van der Waals surface area contributed by atoms with Crippen molar-refractivity contribution in [1.29, 1.82) is 0 Å². The maximum Gasteiger partial charge on any atom is 0.260 e. The molecule has 0 aliphatic heterocycles. The number of fused-ring (bicyclic) bond motifs is 4. The molecule has 0 aliphatic rings. The molecule has 0 bridgehead atoms. The van der Waals surface area contributed by atoms with E-state index < -0.39 is 0 Å². The molecule has 32 heavy (non-hydrogen) atoms. The van der Waals surface area contributed by atoms with E-state index in [0.717, 1.165) is 10.9 Å². The van der Waals surface area contributed by atoms with Crippen LogP contribution in [-0.2, 0) is 11.3 Å². The smallest absolute Gasteiger partial charge is 0.260 e. The normalized spacial score (nSPS) is 12.0. The summed E-state index contributed by atoms with van der Waals surface area (Å²) < 4.78 is 1.83. The number of aromatic hydroxyl groups is 1. The molecule has 0 aliphatic carbocycles. The Hall–Kier alpha value is -3.97. The Kier molecular flexibility index (Phi) is 4.95. The number of amides is 1. The molecule has 0 radical (unpaired) electrons. The van der Waals surface area contributed by atoms with Gasteiger partial charge in [0.05, 0.1) is 22.3 Å². The van der Waals surface area contributed by atoms with Crippen LogP contribution in [0, 0.1) is 0 Å². The Morgan fingerprint density at radius 1 is 1.06 bits per heavy atom. The number of para-hydroxylation sites is 2. The van der Waals surface area contributed by atoms with Gasteiger partial charge in [-0.3, -0.25) is 4.79 Å². The summed E-state index contributed by atoms with van der Waals surface area (Å²) in [6, 6.07) is 19.9. The lowest BCUT2D eigenvalue weighted by Crippen LogP contribution is -2.24. The quantitative estimate of drug-likeness (QED) is 0.312. The summed E-state index contributed by atoms with van der Waals surface area (Å²) in [6.07, 6.45) is 0. The molecule has 8 heteroatoms. The van der Waals surface area contributed by atoms with Crippen LogP contribution >= 0.6 is 11.6 Å². The van der Waals surface area contributed by atoms with Crippen molar-refractivity contribution >= 4 is 56.3 Å². The zero-order chi connectivity index (χ0) is 22.2. The Bertz CT molecular complexity index is 1540. The number of carbonyl (C=O) groups excluding carboxylic acids is 1. The van der Waals surface area contributed by atoms with E-state index in [1.807, 2.05) is 34.9 Å². The SMILES string of the molecule is C/C(=N/NC(=O)Cn1c2ccccc2c2nc3cc(Cl)ccc3nc21)c1ccccc1O. The number of rotatable bonds is 4. The topological polar surface area (TPSA) is 92.4 Å². The molecule has 0 fully saturated rings. The molecule has 7 nitrogen and oxygen atoms in total. The van der Waals surface area contributed by atoms with Gasteiger partial charge in [-0.05, 0) is 43.3 Å². The van der Waals surface area contributed by atoms with E-state index in [4.69, 9.17) is 21.6 Å². The molecular weight excluding hydrogens is 426 g/mol. The standard InChI is InChI=1S/C24H18ClN5O2/c1-14(16-6-3-5-9-21(16)31)28-29-22(32)13-30-20-8-4-2-7-17(20)23-24(30)27-18-11-10-15(25)12-19(18)26-23/h2-12,31H,13H2,1H3,(H,29,32)/b28-14-. The van der Waals surface area contributed by atoms with Crippen molar-refractivity contribution in [2.75, 3.05) is 0 Å². The number of hydrogen-bond acceptors (Lipinski definition) is 5. The van der Waals surface area contributed by atoms with Crippen molar-refractivity contribution in [1.82, 2.24) is 20.0 Å². The van der Waals surface area contributed by atoms with Crippen LogP contribution in [0.4, 0.5) is 0 Å². The second-order valence-electron chi connectivity index (χ2n) is 7.38. The van der Waals surface area contributed by atoms with Crippen LogP contribution in [0.25, 0.3) is 33.1 Å². The lowest BCUT2D eigenvalue weighted by Gasteiger charge is -2.07. The van der Waals surface area contributed by atoms with E-state index in [-0.39, 0.29) is 18.2 Å². The summed E-state index contributed by atoms with van der Waals surface area (Å²) in [5, 5.41) is 15.6. The summed E-state index contributed by atoms with van der Waals surface area (Å²) >= 11 is 6.12. The third-order valence-corrected chi connectivity index (χ3v) is 5.49. The maximum absolute atomic E-state index is 12.8. The molecule has 0 spiro atoms. The lowest BCUT2D eigenvalue weighted by molar-refractivity contribution is -0.121. The Balaban J connectivity index is 1.53. The Labute approximate surface area is 188 Å². The first kappa shape index (κ1) is 20.0. The van der Waals surface area contributed by atoms with E-state index in [1.165, 1.54) is 0 Å². The highest BCUT2D eigenvalue weighted by atomic mass is 35.5. The molecule has 0 atom stereocenters. The van der Waals surface area contributed by atoms with E-state index >= 15 is 0 Å². The number of aromatic nitrogens is 3. The van der Waals surface area contributed by atoms with Gasteiger partial charge in [-0.25, -0.2) is 15.4 Å². The van der Waals surface area contributed by atoms with E-state index in [1.54, 1.807) is 43.3 Å². The molecule has 158 valence electrons. The third-order valence-electron chi connectivity index (χ3n) is 5.26. The molecule has 5 rings (SSSR count). The zero-order valence-corrected chi connectivity index (χ0v) is 17.8. The number of nitrogens with zero attached hydrogens (tertiary/aromatic N) is 4. The molecule has 0 unspecified atom stereocenters. The first-order valence-corrected chi connectivity index (χ1v) is 10.3. The maximum atomic E-state index is 12.8. The molecule has 2 heterocycles. The highest BCUT2D eigenvalue weighted by Gasteiger charge is 2.16. The van der Waals surface area contributed by atoms with Gasteiger partial charge in [0.1, 0.15) is 17.8 Å². The third kappa shape index (κ3) is 3.52. The fraction of sp³-hybridized carbons (Fsp3) is 0.0833. The summed E-state index contributed by atoms with van der Waals surface area (Å²) in [7, 11) is 0. The van der Waals surface area contributed by atoms with Crippen molar-refractivity contribution in [2.45, 2.75) is 13.5 Å². The fourth-order valence-electron chi connectivity index (χ4n) is 3.74. The molecule has 5 aromatic rings. The number of nitrogens with one attached hydrogen (secondary N) is 1. The highest BCUT2D eigenvalue weighted by Crippen LogP contribution is 2.29. The molecular formula is C24H18ClN5O2. The average Bonchev–Trinajstić information content (AvgIpc) is 3.09. The monoisotopic (exact) mass is 443 g/mol. The van der Waals surface area contributed by atoms with Gasteiger partial charge in [-0.1, -0.05) is 41.9 Å². The van der Waals surface area contributed by atoms with Gasteiger partial charge < -0.3 is 9.67 Å². The van der Waals surface area contributed by atoms with E-state index in [2.05, 4.69) is 10.5 Å². The zero-order valence-electron chi connectivity index (χ0n) is 17.1. The Morgan fingerprint density at radius 2 is 1.84 bits per heavy atom. The largest absolute Gasteiger partial charge is 0.507 e. The van der Waals surface area contributed by atoms with Crippen LogP contribution in [0.5, 0.6) is 5.75 Å². The Morgan fingerprint density at radius 3 is 2.69 bits per heavy atom. The summed E-state index contributed by atoms with van der Waals surface area (Å²) in [6.45, 7) is 1.73.